The standard InChI is InChI=1S/C11H16ClN9O/c1-17-6(22)4-18-3-5(2-13)19-11-20-9(15)7(8(12)14)10(16)21-11/h2-3,14H,4,13H2,1H3,(H,17,22)(H5,15,16,19,20,21). The van der Waals surface area contributed by atoms with E-state index in [1.54, 1.807) is 0 Å². The van der Waals surface area contributed by atoms with Crippen molar-refractivity contribution < 1.29 is 4.79 Å². The van der Waals surface area contributed by atoms with Crippen molar-refractivity contribution in [2.24, 2.45) is 10.7 Å². The van der Waals surface area contributed by atoms with Crippen molar-refractivity contribution in [3.8, 4) is 0 Å². The highest BCUT2D eigenvalue weighted by Crippen LogP contribution is 2.20. The van der Waals surface area contributed by atoms with Gasteiger partial charge in [0.15, 0.2) is 0 Å². The Kier molecular flexibility index (Phi) is 6.08. The molecular formula is C11H16ClN9O. The monoisotopic (exact) mass is 325 g/mol. The van der Waals surface area contributed by atoms with Gasteiger partial charge in [0.05, 0.1) is 11.3 Å². The number of nitrogens with zero attached hydrogens (tertiary/aromatic N) is 3. The summed E-state index contributed by atoms with van der Waals surface area (Å²) in [6, 6.07) is 0. The van der Waals surface area contributed by atoms with Gasteiger partial charge in [-0.1, -0.05) is 11.6 Å². The number of carbonyl (C=O) groups excluding carboxylic acids is 1. The summed E-state index contributed by atoms with van der Waals surface area (Å²) in [4.78, 5) is 22.8. The van der Waals surface area contributed by atoms with Crippen LogP contribution in [0.3, 0.4) is 0 Å². The maximum Gasteiger partial charge on any atom is 0.241 e. The molecule has 0 bridgehead atoms. The van der Waals surface area contributed by atoms with Crippen molar-refractivity contribution in [3.05, 3.63) is 17.5 Å². The van der Waals surface area contributed by atoms with Crippen molar-refractivity contribution in [1.82, 2.24) is 15.3 Å². The molecule has 0 aliphatic rings. The molecule has 0 aliphatic carbocycles. The van der Waals surface area contributed by atoms with Gasteiger partial charge in [-0.2, -0.15) is 9.97 Å². The molecule has 11 heteroatoms. The fourth-order valence-corrected chi connectivity index (χ4v) is 1.52. The van der Waals surface area contributed by atoms with Crippen LogP contribution in [0.2, 0.25) is 0 Å². The van der Waals surface area contributed by atoms with E-state index in [2.05, 4.69) is 25.6 Å². The highest BCUT2D eigenvalue weighted by molar-refractivity contribution is 6.69. The predicted molar refractivity (Wildman–Crippen MR) is 86.9 cm³/mol. The SMILES string of the molecule is CNC(=O)CN=CC(=CN)Nc1nc(N)c(C(=N)Cl)c(N)n1. The number of nitrogen functional groups attached to an aromatic ring is 2. The fraction of sp³-hybridized carbons (Fsp3) is 0.182. The van der Waals surface area contributed by atoms with Crippen molar-refractivity contribution in [2.75, 3.05) is 30.4 Å². The highest BCUT2D eigenvalue weighted by Gasteiger charge is 2.13. The third kappa shape index (κ3) is 4.59. The first kappa shape index (κ1) is 17.2. The van der Waals surface area contributed by atoms with E-state index in [1.165, 1.54) is 19.5 Å². The van der Waals surface area contributed by atoms with Crippen LogP contribution in [0, 0.1) is 5.41 Å². The highest BCUT2D eigenvalue weighted by atomic mass is 35.5. The Morgan fingerprint density at radius 3 is 2.45 bits per heavy atom. The summed E-state index contributed by atoms with van der Waals surface area (Å²) in [5.74, 6) is -0.288. The number of halogens is 1. The molecule has 1 aromatic heterocycles. The van der Waals surface area contributed by atoms with E-state index < -0.39 is 0 Å². The largest absolute Gasteiger partial charge is 0.403 e. The summed E-state index contributed by atoms with van der Waals surface area (Å²) in [6.45, 7) is -0.0526. The molecule has 0 aromatic carbocycles. The van der Waals surface area contributed by atoms with E-state index >= 15 is 0 Å². The Morgan fingerprint density at radius 2 is 2.00 bits per heavy atom. The first-order chi connectivity index (χ1) is 10.4. The molecule has 0 atom stereocenters. The molecule has 0 radical (unpaired) electrons. The molecule has 0 saturated heterocycles. The van der Waals surface area contributed by atoms with E-state index in [1.807, 2.05) is 0 Å². The quantitative estimate of drug-likeness (QED) is 0.371. The van der Waals surface area contributed by atoms with Gasteiger partial charge in [0.1, 0.15) is 23.4 Å². The summed E-state index contributed by atoms with van der Waals surface area (Å²) in [5, 5.41) is 12.1. The lowest BCUT2D eigenvalue weighted by Gasteiger charge is -2.09. The smallest absolute Gasteiger partial charge is 0.241 e. The van der Waals surface area contributed by atoms with Crippen LogP contribution in [0.25, 0.3) is 0 Å². The number of aromatic nitrogens is 2. The van der Waals surface area contributed by atoms with E-state index in [4.69, 9.17) is 34.2 Å². The second-order valence-electron chi connectivity index (χ2n) is 3.90. The molecule has 1 heterocycles. The second kappa shape index (κ2) is 7.78. The first-order valence-corrected chi connectivity index (χ1v) is 6.33. The lowest BCUT2D eigenvalue weighted by Crippen LogP contribution is -2.20. The fourth-order valence-electron chi connectivity index (χ4n) is 1.33. The number of nitrogens with two attached hydrogens (primary N) is 3. The van der Waals surface area contributed by atoms with E-state index in [9.17, 15) is 4.79 Å². The minimum atomic E-state index is -0.358. The zero-order valence-corrected chi connectivity index (χ0v) is 12.5. The first-order valence-electron chi connectivity index (χ1n) is 5.95. The van der Waals surface area contributed by atoms with E-state index in [0.717, 1.165) is 0 Å². The number of amides is 1. The molecule has 10 nitrogen and oxygen atoms in total. The van der Waals surface area contributed by atoms with Crippen LogP contribution in [0.5, 0.6) is 0 Å². The van der Waals surface area contributed by atoms with Crippen LogP contribution in [-0.4, -0.2) is 40.9 Å². The number of hydrogen-bond donors (Lipinski definition) is 6. The Balaban J connectivity index is 2.89. The zero-order chi connectivity index (χ0) is 16.7. The van der Waals surface area contributed by atoms with Gasteiger partial charge in [-0.3, -0.25) is 15.2 Å². The maximum atomic E-state index is 11.0. The molecule has 1 amide bonds. The average molecular weight is 326 g/mol. The van der Waals surface area contributed by atoms with Crippen molar-refractivity contribution in [2.45, 2.75) is 0 Å². The number of nitrogens with one attached hydrogen (secondary N) is 3. The number of aliphatic imine (C=N–C) groups is 1. The molecule has 0 unspecified atom stereocenters. The minimum Gasteiger partial charge on any atom is -0.403 e. The van der Waals surface area contributed by atoms with E-state index in [0.29, 0.717) is 5.70 Å². The summed E-state index contributed by atoms with van der Waals surface area (Å²) in [5.41, 5.74) is 17.1. The molecule has 0 spiro atoms. The molecule has 22 heavy (non-hydrogen) atoms. The van der Waals surface area contributed by atoms with Gasteiger partial charge in [-0.05, 0) is 0 Å². The van der Waals surface area contributed by atoms with Gasteiger partial charge in [-0.25, -0.2) is 0 Å². The van der Waals surface area contributed by atoms with Gasteiger partial charge in [0, 0.05) is 19.5 Å². The van der Waals surface area contributed by atoms with Crippen molar-refractivity contribution >= 4 is 46.5 Å². The molecule has 1 aromatic rings. The van der Waals surface area contributed by atoms with Crippen molar-refractivity contribution in [1.29, 1.82) is 5.41 Å². The van der Waals surface area contributed by atoms with Gasteiger partial charge in [0.2, 0.25) is 11.9 Å². The average Bonchev–Trinajstić information content (AvgIpc) is 2.44. The molecule has 1 rings (SSSR count). The lowest BCUT2D eigenvalue weighted by atomic mass is 10.3. The maximum absolute atomic E-state index is 11.0. The Hall–Kier alpha value is -2.88. The Bertz CT molecular complexity index is 617. The van der Waals surface area contributed by atoms with Crippen LogP contribution in [0.4, 0.5) is 17.6 Å². The molecule has 0 saturated carbocycles. The van der Waals surface area contributed by atoms with Gasteiger partial charge in [0.25, 0.3) is 0 Å². The molecule has 9 N–H and O–H groups in total. The molecular weight excluding hydrogens is 310 g/mol. The third-order valence-electron chi connectivity index (χ3n) is 2.36. The number of hydrogen-bond acceptors (Lipinski definition) is 9. The number of likely N-dealkylation sites (N-methyl/N-ethyl adjacent to an activating group) is 1. The Morgan fingerprint density at radius 1 is 1.41 bits per heavy atom. The number of rotatable bonds is 6. The third-order valence-corrected chi connectivity index (χ3v) is 2.55. The molecule has 0 aliphatic heterocycles. The van der Waals surface area contributed by atoms with Gasteiger partial charge >= 0.3 is 0 Å². The predicted octanol–water partition coefficient (Wildman–Crippen LogP) is -0.766. The normalized spacial score (nSPS) is 11.5. The number of anilines is 3. The second-order valence-corrected chi connectivity index (χ2v) is 4.27. The van der Waals surface area contributed by atoms with Gasteiger partial charge < -0.3 is 27.8 Å². The Labute approximate surface area is 131 Å². The van der Waals surface area contributed by atoms with Crippen LogP contribution in [0.15, 0.2) is 16.9 Å². The summed E-state index contributed by atoms with van der Waals surface area (Å²) < 4.78 is 0. The topological polar surface area (TPSA) is 181 Å². The summed E-state index contributed by atoms with van der Waals surface area (Å²) in [6.07, 6.45) is 2.54. The minimum absolute atomic E-state index is 0.0475. The van der Waals surface area contributed by atoms with Gasteiger partial charge in [-0.15, -0.1) is 0 Å². The van der Waals surface area contributed by atoms with Crippen LogP contribution >= 0.6 is 11.6 Å². The van der Waals surface area contributed by atoms with Crippen LogP contribution in [0.1, 0.15) is 5.56 Å². The molecule has 118 valence electrons. The number of allylic oxidation sites excluding steroid dienone is 1. The molecule has 0 fully saturated rings. The number of carbonyl (C=O) groups is 1. The summed E-state index contributed by atoms with van der Waals surface area (Å²) >= 11 is 5.54. The van der Waals surface area contributed by atoms with Crippen molar-refractivity contribution in [3.63, 3.8) is 0 Å². The van der Waals surface area contributed by atoms with E-state index in [-0.39, 0.29) is 40.8 Å². The zero-order valence-electron chi connectivity index (χ0n) is 11.7. The summed E-state index contributed by atoms with van der Waals surface area (Å²) in [7, 11) is 1.51. The van der Waals surface area contributed by atoms with Crippen LogP contribution < -0.4 is 27.8 Å². The lowest BCUT2D eigenvalue weighted by molar-refractivity contribution is -0.119. The van der Waals surface area contributed by atoms with Crippen LogP contribution in [-0.2, 0) is 4.79 Å².